The highest BCUT2D eigenvalue weighted by molar-refractivity contribution is 7.59. The second-order valence-electron chi connectivity index (χ2n) is 6.53. The maximum Gasteiger partial charge on any atom is 0.00211 e. The fourth-order valence-corrected chi connectivity index (χ4v) is 7.41. The molecule has 0 N–H and O–H groups in total. The van der Waals surface area contributed by atoms with Gasteiger partial charge in [-0.1, -0.05) is 62.4 Å². The first kappa shape index (κ1) is 16.0. The fraction of sp³-hybridized carbons (Fsp3) is 0.400. The third kappa shape index (κ3) is 2.97. The normalized spacial score (nSPS) is 24.5. The van der Waals surface area contributed by atoms with Crippen LogP contribution in [0.15, 0.2) is 48.5 Å². The van der Waals surface area contributed by atoms with Crippen LogP contribution in [0.25, 0.3) is 21.0 Å². The molecule has 1 saturated heterocycles. The van der Waals surface area contributed by atoms with Gasteiger partial charge in [-0.05, 0) is 48.3 Å². The Labute approximate surface area is 136 Å². The lowest BCUT2D eigenvalue weighted by Crippen LogP contribution is -1.92. The van der Waals surface area contributed by atoms with Crippen LogP contribution in [-0.2, 0) is 6.66 Å². The van der Waals surface area contributed by atoms with Crippen molar-refractivity contribution in [1.82, 2.24) is 0 Å². The van der Waals surface area contributed by atoms with Gasteiger partial charge < -0.3 is 0 Å². The van der Waals surface area contributed by atoms with E-state index in [1.165, 1.54) is 33.9 Å². The highest BCUT2D eigenvalue weighted by Gasteiger charge is 2.24. The predicted molar refractivity (Wildman–Crippen MR) is 106 cm³/mol. The molecule has 2 heterocycles. The zero-order valence-corrected chi connectivity index (χ0v) is 15.9. The smallest absolute Gasteiger partial charge is 0.00211 e. The molecule has 0 radical (unpaired) electrons. The summed E-state index contributed by atoms with van der Waals surface area (Å²) in [6.07, 6.45) is 2.98. The van der Waals surface area contributed by atoms with Gasteiger partial charge in [0.2, 0.25) is 0 Å². The Morgan fingerprint density at radius 3 is 1.50 bits per heavy atom. The van der Waals surface area contributed by atoms with E-state index in [1.54, 1.807) is 0 Å². The summed E-state index contributed by atoms with van der Waals surface area (Å²) in [5.74, 6) is 0. The van der Waals surface area contributed by atoms with Crippen molar-refractivity contribution < 1.29 is 0 Å². The molecular formula is C20H26P2. The molecule has 0 nitrogen and oxygen atoms in total. The van der Waals surface area contributed by atoms with Gasteiger partial charge in [-0.25, -0.2) is 0 Å². The van der Waals surface area contributed by atoms with E-state index in [0.717, 1.165) is 11.3 Å². The van der Waals surface area contributed by atoms with Crippen molar-refractivity contribution in [3.05, 3.63) is 48.5 Å². The molecule has 1 aliphatic heterocycles. The van der Waals surface area contributed by atoms with E-state index in [1.807, 2.05) is 0 Å². The largest absolute Gasteiger partial charge is 0.112 e. The molecule has 0 spiro atoms. The number of rotatable bonds is 0. The first-order valence-corrected chi connectivity index (χ1v) is 12.0. The Morgan fingerprint density at radius 1 is 0.727 bits per heavy atom. The molecule has 1 aromatic heterocycles. The first-order valence-electron chi connectivity index (χ1n) is 8.23. The van der Waals surface area contributed by atoms with Crippen molar-refractivity contribution >= 4 is 36.5 Å². The van der Waals surface area contributed by atoms with Crippen LogP contribution in [0.5, 0.6) is 0 Å². The average Bonchev–Trinajstić information content (AvgIpc) is 3.01. The van der Waals surface area contributed by atoms with Crippen LogP contribution < -0.4 is 0 Å². The molecule has 0 saturated carbocycles. The molecule has 0 bridgehead atoms. The lowest BCUT2D eigenvalue weighted by molar-refractivity contribution is 0.777. The molecule has 3 aromatic rings. The van der Waals surface area contributed by atoms with Gasteiger partial charge in [-0.15, -0.1) is 15.5 Å². The van der Waals surface area contributed by atoms with Crippen molar-refractivity contribution in [2.45, 2.75) is 38.0 Å². The zero-order valence-electron chi connectivity index (χ0n) is 14.1. The van der Waals surface area contributed by atoms with Crippen LogP contribution in [0.2, 0.25) is 0 Å². The minimum Gasteiger partial charge on any atom is -0.112 e. The lowest BCUT2D eigenvalue weighted by atomic mass is 10.2. The summed E-state index contributed by atoms with van der Waals surface area (Å²) < 4.78 is 0. The van der Waals surface area contributed by atoms with Gasteiger partial charge in [0.15, 0.2) is 0 Å². The van der Waals surface area contributed by atoms with Crippen LogP contribution in [0.3, 0.4) is 0 Å². The average molecular weight is 328 g/mol. The maximum absolute atomic E-state index is 2.44. The number of hydrogen-bond acceptors (Lipinski definition) is 0. The van der Waals surface area contributed by atoms with E-state index in [0.29, 0.717) is 7.92 Å². The predicted octanol–water partition coefficient (Wildman–Crippen LogP) is 7.19. The highest BCUT2D eigenvalue weighted by Crippen LogP contribution is 2.52. The summed E-state index contributed by atoms with van der Waals surface area (Å²) >= 11 is 0. The molecule has 1 aliphatic rings. The van der Waals surface area contributed by atoms with E-state index in [9.17, 15) is 0 Å². The first-order chi connectivity index (χ1) is 10.6. The van der Waals surface area contributed by atoms with Crippen molar-refractivity contribution in [2.24, 2.45) is 6.66 Å². The van der Waals surface area contributed by atoms with Crippen LogP contribution in [0.1, 0.15) is 26.7 Å². The van der Waals surface area contributed by atoms with Crippen molar-refractivity contribution in [3.8, 4) is 0 Å². The quantitative estimate of drug-likeness (QED) is 0.383. The number of fused-ring (bicyclic) bond motifs is 3. The summed E-state index contributed by atoms with van der Waals surface area (Å²) in [7, 11) is 0.316. The molecule has 0 aliphatic carbocycles. The lowest BCUT2D eigenvalue weighted by Gasteiger charge is -2.13. The molecule has 2 unspecified atom stereocenters. The van der Waals surface area contributed by atoms with Gasteiger partial charge in [0.1, 0.15) is 0 Å². The second-order valence-corrected chi connectivity index (χ2v) is 11.7. The van der Waals surface area contributed by atoms with Gasteiger partial charge in [-0.3, -0.25) is 0 Å². The summed E-state index contributed by atoms with van der Waals surface area (Å²) in [5, 5.41) is 5.95. The molecular weight excluding hydrogens is 302 g/mol. The molecule has 116 valence electrons. The van der Waals surface area contributed by atoms with Crippen molar-refractivity contribution in [2.75, 3.05) is 6.66 Å². The van der Waals surface area contributed by atoms with Gasteiger partial charge in [-0.2, -0.15) is 0 Å². The molecule has 2 atom stereocenters. The Kier molecular flexibility index (Phi) is 4.91. The van der Waals surface area contributed by atoms with Gasteiger partial charge in [0, 0.05) is 10.2 Å². The van der Waals surface area contributed by atoms with Crippen LogP contribution in [0, 0.1) is 0 Å². The van der Waals surface area contributed by atoms with E-state index < -0.39 is 0 Å². The Hall–Kier alpha value is -0.830. The second kappa shape index (κ2) is 6.74. The summed E-state index contributed by atoms with van der Waals surface area (Å²) in [6.45, 7) is 9.59. The molecule has 0 amide bonds. The third-order valence-corrected chi connectivity index (χ3v) is 10.7. The molecule has 1 fully saturated rings. The zero-order chi connectivity index (χ0) is 15.7. The van der Waals surface area contributed by atoms with Crippen molar-refractivity contribution in [1.29, 1.82) is 0 Å². The molecule has 22 heavy (non-hydrogen) atoms. The van der Waals surface area contributed by atoms with E-state index >= 15 is 0 Å². The third-order valence-electron chi connectivity index (χ3n) is 5.21. The topological polar surface area (TPSA) is 0 Å². The van der Waals surface area contributed by atoms with Crippen LogP contribution >= 0.6 is 15.5 Å². The summed E-state index contributed by atoms with van der Waals surface area (Å²) in [6, 6.07) is 17.5. The molecule has 2 aromatic carbocycles. The minimum absolute atomic E-state index is 0.0967. The Balaban J connectivity index is 0.000000154. The Morgan fingerprint density at radius 2 is 1.14 bits per heavy atom. The fourth-order valence-electron chi connectivity index (χ4n) is 3.44. The number of hydrogen-bond donors (Lipinski definition) is 0. The van der Waals surface area contributed by atoms with Crippen LogP contribution in [-0.4, -0.2) is 18.0 Å². The SMILES string of the molecule is CC1CCC(C)P1C.Cp1c2ccccc2c2ccccc21. The van der Waals surface area contributed by atoms with E-state index in [4.69, 9.17) is 0 Å². The van der Waals surface area contributed by atoms with Gasteiger partial charge in [0.05, 0.1) is 0 Å². The summed E-state index contributed by atoms with van der Waals surface area (Å²) in [5.41, 5.74) is 2.11. The minimum atomic E-state index is -0.0967. The highest BCUT2D eigenvalue weighted by atomic mass is 31.1. The van der Waals surface area contributed by atoms with E-state index in [-0.39, 0.29) is 7.53 Å². The Bertz CT molecular complexity index is 708. The molecule has 4 rings (SSSR count). The van der Waals surface area contributed by atoms with Gasteiger partial charge >= 0.3 is 0 Å². The van der Waals surface area contributed by atoms with Crippen molar-refractivity contribution in [3.63, 3.8) is 0 Å². The van der Waals surface area contributed by atoms with Crippen LogP contribution in [0.4, 0.5) is 0 Å². The number of aryl methyl sites for hydroxylation is 1. The number of benzene rings is 2. The standard InChI is InChI=1S/C13H11P.C7H15P/c1-14-12-8-4-2-6-10(12)11-7-3-5-9-13(11)14;1-6-4-5-7(2)8(6)3/h2-9H,1H3;6-7H,4-5H2,1-3H3. The summed E-state index contributed by atoms with van der Waals surface area (Å²) in [4.78, 5) is 0. The maximum atomic E-state index is 2.44. The molecule has 2 heteroatoms. The van der Waals surface area contributed by atoms with Gasteiger partial charge in [0.25, 0.3) is 0 Å². The van der Waals surface area contributed by atoms with E-state index in [2.05, 4.69) is 75.7 Å². The monoisotopic (exact) mass is 328 g/mol.